The van der Waals surface area contributed by atoms with E-state index in [0.29, 0.717) is 19.8 Å². The Labute approximate surface area is 103 Å². The minimum absolute atomic E-state index is 0.0331. The van der Waals surface area contributed by atoms with E-state index in [9.17, 15) is 0 Å². The fraction of sp³-hybridized carbons (Fsp3) is 0.500. The standard InChI is InChI=1S/C14H19NO2/c1-16-9-7-13(11-15)8-10-17-12-14-5-3-2-4-6-14/h2-6,13H,7-10,12H2,1H3. The molecular formula is C14H19NO2. The first-order chi connectivity index (χ1) is 8.36. The van der Waals surface area contributed by atoms with Crippen LogP contribution in [0, 0.1) is 17.2 Å². The van der Waals surface area contributed by atoms with Gasteiger partial charge in [-0.05, 0) is 18.4 Å². The monoisotopic (exact) mass is 233 g/mol. The van der Waals surface area contributed by atoms with Crippen molar-refractivity contribution in [2.75, 3.05) is 20.3 Å². The van der Waals surface area contributed by atoms with Crippen LogP contribution < -0.4 is 0 Å². The van der Waals surface area contributed by atoms with Gasteiger partial charge in [-0.2, -0.15) is 5.26 Å². The Bertz CT molecular complexity index is 332. The molecule has 3 heteroatoms. The molecule has 0 saturated carbocycles. The van der Waals surface area contributed by atoms with Gasteiger partial charge in [-0.3, -0.25) is 0 Å². The Morgan fingerprint density at radius 1 is 1.18 bits per heavy atom. The number of nitriles is 1. The van der Waals surface area contributed by atoms with Crippen LogP contribution in [0.3, 0.4) is 0 Å². The Kier molecular flexibility index (Phi) is 7.04. The minimum atomic E-state index is 0.0331. The van der Waals surface area contributed by atoms with E-state index in [0.717, 1.165) is 18.4 Å². The van der Waals surface area contributed by atoms with Gasteiger partial charge in [0.2, 0.25) is 0 Å². The fourth-order valence-corrected chi connectivity index (χ4v) is 1.52. The van der Waals surface area contributed by atoms with Crippen LogP contribution in [0.1, 0.15) is 18.4 Å². The van der Waals surface area contributed by atoms with Gasteiger partial charge in [0, 0.05) is 20.3 Å². The van der Waals surface area contributed by atoms with Gasteiger partial charge in [-0.25, -0.2) is 0 Å². The molecule has 0 aliphatic heterocycles. The molecular weight excluding hydrogens is 214 g/mol. The first kappa shape index (κ1) is 13.7. The van der Waals surface area contributed by atoms with Crippen LogP contribution in [0.25, 0.3) is 0 Å². The summed E-state index contributed by atoms with van der Waals surface area (Å²) in [5, 5.41) is 8.91. The molecule has 1 aromatic rings. The number of rotatable bonds is 8. The molecule has 0 N–H and O–H groups in total. The number of benzene rings is 1. The van der Waals surface area contributed by atoms with Gasteiger partial charge in [0.15, 0.2) is 0 Å². The van der Waals surface area contributed by atoms with E-state index in [2.05, 4.69) is 6.07 Å². The molecule has 1 rings (SSSR count). The van der Waals surface area contributed by atoms with Gasteiger partial charge in [-0.1, -0.05) is 30.3 Å². The van der Waals surface area contributed by atoms with Crippen LogP contribution in [0.15, 0.2) is 30.3 Å². The number of nitrogens with zero attached hydrogens (tertiary/aromatic N) is 1. The fourth-order valence-electron chi connectivity index (χ4n) is 1.52. The van der Waals surface area contributed by atoms with Gasteiger partial charge in [0.1, 0.15) is 0 Å². The van der Waals surface area contributed by atoms with Crippen molar-refractivity contribution in [2.45, 2.75) is 19.4 Å². The maximum atomic E-state index is 8.91. The van der Waals surface area contributed by atoms with Crippen molar-refractivity contribution >= 4 is 0 Å². The van der Waals surface area contributed by atoms with Gasteiger partial charge < -0.3 is 9.47 Å². The van der Waals surface area contributed by atoms with Crippen LogP contribution >= 0.6 is 0 Å². The second-order valence-corrected chi connectivity index (χ2v) is 3.93. The zero-order valence-corrected chi connectivity index (χ0v) is 10.3. The highest BCUT2D eigenvalue weighted by molar-refractivity contribution is 5.13. The summed E-state index contributed by atoms with van der Waals surface area (Å²) in [6.45, 7) is 1.87. The molecule has 0 aromatic heterocycles. The summed E-state index contributed by atoms with van der Waals surface area (Å²) in [5.41, 5.74) is 1.16. The predicted octanol–water partition coefficient (Wildman–Crippen LogP) is 2.77. The van der Waals surface area contributed by atoms with Gasteiger partial charge in [0.25, 0.3) is 0 Å². The van der Waals surface area contributed by atoms with Crippen molar-refractivity contribution in [3.05, 3.63) is 35.9 Å². The third-order valence-electron chi connectivity index (χ3n) is 2.58. The Hall–Kier alpha value is -1.37. The molecule has 1 atom stereocenters. The first-order valence-corrected chi connectivity index (χ1v) is 5.87. The van der Waals surface area contributed by atoms with Crippen molar-refractivity contribution in [1.82, 2.24) is 0 Å². The van der Waals surface area contributed by atoms with Crippen LogP contribution in [0.2, 0.25) is 0 Å². The summed E-state index contributed by atoms with van der Waals surface area (Å²) in [5.74, 6) is 0.0331. The topological polar surface area (TPSA) is 42.2 Å². The molecule has 0 fully saturated rings. The van der Waals surface area contributed by atoms with E-state index in [-0.39, 0.29) is 5.92 Å². The lowest BCUT2D eigenvalue weighted by Crippen LogP contribution is -2.06. The molecule has 3 nitrogen and oxygen atoms in total. The zero-order valence-electron chi connectivity index (χ0n) is 10.3. The second-order valence-electron chi connectivity index (χ2n) is 3.93. The Morgan fingerprint density at radius 3 is 2.53 bits per heavy atom. The van der Waals surface area contributed by atoms with Crippen molar-refractivity contribution in [3.8, 4) is 6.07 Å². The lowest BCUT2D eigenvalue weighted by molar-refractivity contribution is 0.106. The molecule has 0 bridgehead atoms. The number of hydrogen-bond donors (Lipinski definition) is 0. The lowest BCUT2D eigenvalue weighted by Gasteiger charge is -2.08. The highest BCUT2D eigenvalue weighted by Gasteiger charge is 2.06. The SMILES string of the molecule is COCCC(C#N)CCOCc1ccccc1. The summed E-state index contributed by atoms with van der Waals surface area (Å²) in [6, 6.07) is 12.3. The summed E-state index contributed by atoms with van der Waals surface area (Å²) >= 11 is 0. The number of methoxy groups -OCH3 is 1. The van der Waals surface area contributed by atoms with E-state index < -0.39 is 0 Å². The quantitative estimate of drug-likeness (QED) is 0.648. The molecule has 0 spiro atoms. The molecule has 1 unspecified atom stereocenters. The minimum Gasteiger partial charge on any atom is -0.385 e. The number of ether oxygens (including phenoxy) is 2. The van der Waals surface area contributed by atoms with E-state index in [1.54, 1.807) is 7.11 Å². The average molecular weight is 233 g/mol. The Balaban J connectivity index is 2.13. The molecule has 0 saturated heterocycles. The van der Waals surface area contributed by atoms with Crippen molar-refractivity contribution < 1.29 is 9.47 Å². The molecule has 0 heterocycles. The zero-order chi connectivity index (χ0) is 12.3. The van der Waals surface area contributed by atoms with E-state index in [4.69, 9.17) is 14.7 Å². The molecule has 0 aliphatic rings. The lowest BCUT2D eigenvalue weighted by atomic mass is 10.0. The molecule has 0 amide bonds. The highest BCUT2D eigenvalue weighted by atomic mass is 16.5. The van der Waals surface area contributed by atoms with Crippen molar-refractivity contribution in [2.24, 2.45) is 5.92 Å². The van der Waals surface area contributed by atoms with Crippen molar-refractivity contribution in [1.29, 1.82) is 5.26 Å². The third-order valence-corrected chi connectivity index (χ3v) is 2.58. The summed E-state index contributed by atoms with van der Waals surface area (Å²) in [7, 11) is 1.65. The molecule has 0 radical (unpaired) electrons. The van der Waals surface area contributed by atoms with E-state index in [1.807, 2.05) is 30.3 Å². The van der Waals surface area contributed by atoms with Crippen LogP contribution in [-0.2, 0) is 16.1 Å². The third kappa shape index (κ3) is 6.06. The molecule has 1 aromatic carbocycles. The largest absolute Gasteiger partial charge is 0.385 e. The van der Waals surface area contributed by atoms with Crippen LogP contribution in [0.4, 0.5) is 0 Å². The van der Waals surface area contributed by atoms with E-state index >= 15 is 0 Å². The summed E-state index contributed by atoms with van der Waals surface area (Å²) in [6.07, 6.45) is 1.55. The summed E-state index contributed by atoms with van der Waals surface area (Å²) in [4.78, 5) is 0. The average Bonchev–Trinajstić information content (AvgIpc) is 2.39. The van der Waals surface area contributed by atoms with E-state index in [1.165, 1.54) is 0 Å². The summed E-state index contributed by atoms with van der Waals surface area (Å²) < 4.78 is 10.5. The Morgan fingerprint density at radius 2 is 1.88 bits per heavy atom. The predicted molar refractivity (Wildman–Crippen MR) is 66.3 cm³/mol. The smallest absolute Gasteiger partial charge is 0.0716 e. The van der Waals surface area contributed by atoms with Crippen LogP contribution in [-0.4, -0.2) is 20.3 Å². The van der Waals surface area contributed by atoms with Gasteiger partial charge in [0.05, 0.1) is 18.6 Å². The highest BCUT2D eigenvalue weighted by Crippen LogP contribution is 2.08. The second kappa shape index (κ2) is 8.74. The molecule has 17 heavy (non-hydrogen) atoms. The maximum Gasteiger partial charge on any atom is 0.0716 e. The molecule has 92 valence electrons. The maximum absolute atomic E-state index is 8.91. The first-order valence-electron chi connectivity index (χ1n) is 5.87. The van der Waals surface area contributed by atoms with Crippen LogP contribution in [0.5, 0.6) is 0 Å². The van der Waals surface area contributed by atoms with Crippen molar-refractivity contribution in [3.63, 3.8) is 0 Å². The van der Waals surface area contributed by atoms with Gasteiger partial charge >= 0.3 is 0 Å². The normalized spacial score (nSPS) is 12.0. The number of hydrogen-bond acceptors (Lipinski definition) is 3. The molecule has 0 aliphatic carbocycles. The van der Waals surface area contributed by atoms with Gasteiger partial charge in [-0.15, -0.1) is 0 Å².